The molecule has 1 aliphatic carbocycles. The van der Waals surface area contributed by atoms with E-state index in [1.54, 1.807) is 11.9 Å². The van der Waals surface area contributed by atoms with E-state index in [4.69, 9.17) is 0 Å². The first kappa shape index (κ1) is 13.8. The molecule has 2 heterocycles. The molecule has 1 fully saturated rings. The molecule has 0 aromatic carbocycles. The van der Waals surface area contributed by atoms with Gasteiger partial charge in [-0.05, 0) is 43.9 Å². The summed E-state index contributed by atoms with van der Waals surface area (Å²) in [6, 6.07) is 5.60. The Labute approximate surface area is 124 Å². The molecule has 0 unspecified atom stereocenters. The second kappa shape index (κ2) is 5.31. The van der Waals surface area contributed by atoms with Crippen molar-refractivity contribution in [3.05, 3.63) is 41.3 Å². The second-order valence-corrected chi connectivity index (χ2v) is 5.75. The van der Waals surface area contributed by atoms with E-state index in [0.717, 1.165) is 17.0 Å². The average Bonchev–Trinajstić information content (AvgIpc) is 2.78. The molecule has 5 nitrogen and oxygen atoms in total. The number of hydrogen-bond donors (Lipinski definition) is 0. The first-order chi connectivity index (χ1) is 10.1. The maximum absolute atomic E-state index is 12.8. The third kappa shape index (κ3) is 2.44. The van der Waals surface area contributed by atoms with E-state index >= 15 is 0 Å². The summed E-state index contributed by atoms with van der Waals surface area (Å²) in [5.74, 6) is 1.08. The lowest BCUT2D eigenvalue weighted by molar-refractivity contribution is 0.0990. The van der Waals surface area contributed by atoms with Gasteiger partial charge < -0.3 is 4.57 Å². The first-order valence-corrected chi connectivity index (χ1v) is 7.31. The van der Waals surface area contributed by atoms with Crippen molar-refractivity contribution in [3.63, 3.8) is 0 Å². The zero-order valence-corrected chi connectivity index (χ0v) is 12.7. The van der Waals surface area contributed by atoms with E-state index in [2.05, 4.69) is 14.8 Å². The largest absolute Gasteiger partial charge is 0.353 e. The van der Waals surface area contributed by atoms with Gasteiger partial charge in [0.05, 0.1) is 11.3 Å². The van der Waals surface area contributed by atoms with E-state index < -0.39 is 0 Å². The molecule has 1 aliphatic rings. The lowest BCUT2D eigenvalue weighted by atomic mass is 9.81. The number of amides is 1. The highest BCUT2D eigenvalue weighted by atomic mass is 16.2. The van der Waals surface area contributed by atoms with Gasteiger partial charge in [-0.3, -0.25) is 9.69 Å². The number of aryl methyl sites for hydroxylation is 2. The average molecular weight is 284 g/mol. The van der Waals surface area contributed by atoms with E-state index in [-0.39, 0.29) is 5.91 Å². The minimum Gasteiger partial charge on any atom is -0.353 e. The van der Waals surface area contributed by atoms with Gasteiger partial charge in [0.1, 0.15) is 0 Å². The van der Waals surface area contributed by atoms with Crippen molar-refractivity contribution in [3.8, 4) is 0 Å². The van der Waals surface area contributed by atoms with Gasteiger partial charge in [0, 0.05) is 26.0 Å². The maximum Gasteiger partial charge on any atom is 0.261 e. The minimum absolute atomic E-state index is 0.0179. The van der Waals surface area contributed by atoms with Gasteiger partial charge in [-0.25, -0.2) is 0 Å². The highest BCUT2D eigenvalue weighted by molar-refractivity contribution is 6.06. The molecule has 0 atom stereocenters. The fourth-order valence-electron chi connectivity index (χ4n) is 2.77. The molecule has 0 radical (unpaired) electrons. The molecule has 0 aliphatic heterocycles. The summed E-state index contributed by atoms with van der Waals surface area (Å²) in [7, 11) is 3.76. The topological polar surface area (TPSA) is 51.0 Å². The van der Waals surface area contributed by atoms with Gasteiger partial charge in [0.25, 0.3) is 5.91 Å². The van der Waals surface area contributed by atoms with Crippen molar-refractivity contribution >= 4 is 11.7 Å². The van der Waals surface area contributed by atoms with Crippen molar-refractivity contribution in [2.45, 2.75) is 32.1 Å². The molecule has 1 saturated carbocycles. The molecule has 110 valence electrons. The molecule has 21 heavy (non-hydrogen) atoms. The number of carbonyl (C=O) groups excluding carboxylic acids is 1. The van der Waals surface area contributed by atoms with E-state index in [1.807, 2.05) is 38.4 Å². The molecular formula is C16H20N4O. The van der Waals surface area contributed by atoms with Crippen molar-refractivity contribution in [1.29, 1.82) is 0 Å². The molecule has 1 amide bonds. The van der Waals surface area contributed by atoms with Crippen LogP contribution in [0.1, 0.15) is 46.9 Å². The van der Waals surface area contributed by atoms with Crippen molar-refractivity contribution in [1.82, 2.24) is 14.8 Å². The van der Waals surface area contributed by atoms with Crippen LogP contribution in [0.4, 0.5) is 5.82 Å². The van der Waals surface area contributed by atoms with Crippen LogP contribution in [0, 0.1) is 6.92 Å². The lowest BCUT2D eigenvalue weighted by Gasteiger charge is -2.28. The van der Waals surface area contributed by atoms with E-state index in [1.165, 1.54) is 19.3 Å². The molecule has 2 aromatic rings. The highest BCUT2D eigenvalue weighted by Gasteiger charge is 2.28. The normalized spacial score (nSPS) is 14.8. The van der Waals surface area contributed by atoms with Crippen LogP contribution >= 0.6 is 0 Å². The Hall–Kier alpha value is -2.17. The lowest BCUT2D eigenvalue weighted by Crippen LogP contribution is -2.29. The molecule has 0 saturated heterocycles. The molecule has 5 heteroatoms. The molecule has 0 spiro atoms. The van der Waals surface area contributed by atoms with E-state index in [0.29, 0.717) is 11.7 Å². The Morgan fingerprint density at radius 3 is 2.62 bits per heavy atom. The number of hydrogen-bond acceptors (Lipinski definition) is 3. The monoisotopic (exact) mass is 284 g/mol. The number of anilines is 1. The summed E-state index contributed by atoms with van der Waals surface area (Å²) >= 11 is 0. The van der Waals surface area contributed by atoms with Crippen LogP contribution in [0.25, 0.3) is 0 Å². The maximum atomic E-state index is 12.8. The quantitative estimate of drug-likeness (QED) is 0.870. The molecule has 3 rings (SSSR count). The minimum atomic E-state index is -0.0179. The Morgan fingerprint density at radius 2 is 2.05 bits per heavy atom. The SMILES string of the molecule is Cc1ccc(N(C)C(=O)c2ccn(C)c2C2CCC2)nn1. The number of carbonyl (C=O) groups is 1. The van der Waals surface area contributed by atoms with Crippen LogP contribution in [0.15, 0.2) is 24.4 Å². The number of rotatable bonds is 3. The Morgan fingerprint density at radius 1 is 1.29 bits per heavy atom. The predicted molar refractivity (Wildman–Crippen MR) is 81.5 cm³/mol. The summed E-state index contributed by atoms with van der Waals surface area (Å²) in [6.45, 7) is 1.88. The fourth-order valence-corrected chi connectivity index (χ4v) is 2.77. The van der Waals surface area contributed by atoms with E-state index in [9.17, 15) is 4.79 Å². The molecular weight excluding hydrogens is 264 g/mol. The standard InChI is InChI=1S/C16H20N4O/c1-11-7-8-14(18-17-11)20(3)16(21)13-9-10-19(2)15(13)12-5-4-6-12/h7-10,12H,4-6H2,1-3H3. The van der Waals surface area contributed by atoms with Crippen LogP contribution in [0.5, 0.6) is 0 Å². The number of nitrogens with zero attached hydrogens (tertiary/aromatic N) is 4. The third-order valence-corrected chi connectivity index (χ3v) is 4.28. The zero-order chi connectivity index (χ0) is 15.0. The Balaban J connectivity index is 1.89. The Kier molecular flexibility index (Phi) is 3.49. The smallest absolute Gasteiger partial charge is 0.261 e. The van der Waals surface area contributed by atoms with Crippen molar-refractivity contribution in [2.75, 3.05) is 11.9 Å². The third-order valence-electron chi connectivity index (χ3n) is 4.28. The van der Waals surface area contributed by atoms with Crippen LogP contribution in [-0.4, -0.2) is 27.7 Å². The van der Waals surface area contributed by atoms with Crippen LogP contribution in [0.3, 0.4) is 0 Å². The summed E-state index contributed by atoms with van der Waals surface area (Å²) in [4.78, 5) is 14.3. The van der Waals surface area contributed by atoms with Gasteiger partial charge in [0.15, 0.2) is 5.82 Å². The zero-order valence-electron chi connectivity index (χ0n) is 12.7. The second-order valence-electron chi connectivity index (χ2n) is 5.75. The van der Waals surface area contributed by atoms with Gasteiger partial charge >= 0.3 is 0 Å². The first-order valence-electron chi connectivity index (χ1n) is 7.31. The summed E-state index contributed by atoms with van der Waals surface area (Å²) in [5, 5.41) is 8.11. The fraction of sp³-hybridized carbons (Fsp3) is 0.438. The molecule has 2 aromatic heterocycles. The van der Waals surface area contributed by atoms with Gasteiger partial charge in [0.2, 0.25) is 0 Å². The van der Waals surface area contributed by atoms with Gasteiger partial charge in [-0.2, -0.15) is 5.10 Å². The number of aromatic nitrogens is 3. The molecule has 0 N–H and O–H groups in total. The summed E-state index contributed by atoms with van der Waals surface area (Å²) in [5.41, 5.74) is 2.78. The van der Waals surface area contributed by atoms with Crippen LogP contribution in [-0.2, 0) is 7.05 Å². The van der Waals surface area contributed by atoms with Crippen LogP contribution < -0.4 is 4.90 Å². The van der Waals surface area contributed by atoms with Crippen LogP contribution in [0.2, 0.25) is 0 Å². The van der Waals surface area contributed by atoms with Gasteiger partial charge in [-0.15, -0.1) is 5.10 Å². The summed E-state index contributed by atoms with van der Waals surface area (Å²) < 4.78 is 2.08. The highest BCUT2D eigenvalue weighted by Crippen LogP contribution is 2.38. The predicted octanol–water partition coefficient (Wildman–Crippen LogP) is 2.67. The summed E-state index contributed by atoms with van der Waals surface area (Å²) in [6.07, 6.45) is 5.57. The Bertz CT molecular complexity index is 655. The molecule has 0 bridgehead atoms. The van der Waals surface area contributed by atoms with Crippen molar-refractivity contribution in [2.24, 2.45) is 7.05 Å². The van der Waals surface area contributed by atoms with Gasteiger partial charge in [-0.1, -0.05) is 6.42 Å². The van der Waals surface area contributed by atoms with Crippen molar-refractivity contribution < 1.29 is 4.79 Å².